The van der Waals surface area contributed by atoms with Crippen molar-refractivity contribution in [1.29, 1.82) is 0 Å². The zero-order valence-corrected chi connectivity index (χ0v) is 18.2. The first kappa shape index (κ1) is 20.7. The quantitative estimate of drug-likeness (QED) is 0.578. The Kier molecular flexibility index (Phi) is 5.55. The van der Waals surface area contributed by atoms with Crippen molar-refractivity contribution in [1.82, 2.24) is 14.5 Å². The van der Waals surface area contributed by atoms with E-state index < -0.39 is 0 Å². The molecular weight excluding hydrogens is 388 g/mol. The van der Waals surface area contributed by atoms with Crippen LogP contribution in [0.25, 0.3) is 16.9 Å². The second-order valence-electron chi connectivity index (χ2n) is 8.77. The normalized spacial score (nSPS) is 19.5. The Labute approximate surface area is 181 Å². The van der Waals surface area contributed by atoms with E-state index in [-0.39, 0.29) is 11.1 Å². The van der Waals surface area contributed by atoms with Crippen molar-refractivity contribution >= 4 is 22.5 Å². The molecule has 0 unspecified atom stereocenters. The molecule has 0 amide bonds. The summed E-state index contributed by atoms with van der Waals surface area (Å²) in [5.41, 5.74) is 9.55. The molecule has 2 heterocycles. The van der Waals surface area contributed by atoms with Crippen LogP contribution in [-0.2, 0) is 5.41 Å². The maximum absolute atomic E-state index is 12.6. The Balaban J connectivity index is 1.75. The maximum atomic E-state index is 12.6. The molecule has 3 N–H and O–H groups in total. The number of nitrogen functional groups attached to an aromatic ring is 1. The van der Waals surface area contributed by atoms with Crippen molar-refractivity contribution in [2.75, 3.05) is 5.73 Å². The van der Waals surface area contributed by atoms with Gasteiger partial charge in [0.25, 0.3) is 0 Å². The van der Waals surface area contributed by atoms with Crippen LogP contribution in [0.3, 0.4) is 0 Å². The summed E-state index contributed by atoms with van der Waals surface area (Å²) in [6.07, 6.45) is 12.2. The lowest BCUT2D eigenvalue weighted by atomic mass is 9.86. The molecule has 0 fully saturated rings. The van der Waals surface area contributed by atoms with Crippen LogP contribution in [0.1, 0.15) is 45.6 Å². The number of H-pyrrole nitrogens is 1. The molecule has 6 heteroatoms. The summed E-state index contributed by atoms with van der Waals surface area (Å²) in [5, 5.41) is 0. The summed E-state index contributed by atoms with van der Waals surface area (Å²) in [7, 11) is 0. The van der Waals surface area contributed by atoms with Gasteiger partial charge in [-0.25, -0.2) is 14.3 Å². The number of fused-ring (bicyclic) bond motifs is 1. The van der Waals surface area contributed by atoms with E-state index in [1.807, 2.05) is 42.5 Å². The van der Waals surface area contributed by atoms with E-state index in [1.165, 1.54) is 0 Å². The number of nitrogens with zero attached hydrogens (tertiary/aromatic N) is 2. The van der Waals surface area contributed by atoms with Crippen LogP contribution >= 0.6 is 0 Å². The second kappa shape index (κ2) is 8.30. The summed E-state index contributed by atoms with van der Waals surface area (Å²) in [5.74, 6) is 1.65. The minimum absolute atomic E-state index is 0.102. The summed E-state index contributed by atoms with van der Waals surface area (Å²) >= 11 is 0. The molecule has 0 saturated carbocycles. The standard InChI is InChI=1S/C25H28N4O2/c1-25(2,3)20-16-17(26)11-14-22(20)31-19-9-6-4-5-8-18(12-13-19)29-23-21(28-24(29)30)10-7-15-27-23/h5,7-8,10-16H,4,6,9,26H2,1-3H3,(H,28,30)/b8-5-,18-12+,19-13+. The van der Waals surface area contributed by atoms with Gasteiger partial charge in [0.2, 0.25) is 0 Å². The Morgan fingerprint density at radius 3 is 2.84 bits per heavy atom. The molecule has 0 spiro atoms. The number of allylic oxidation sites excluding steroid dienone is 6. The van der Waals surface area contributed by atoms with E-state index in [2.05, 4.69) is 36.8 Å². The lowest BCUT2D eigenvalue weighted by molar-refractivity contribution is 0.386. The van der Waals surface area contributed by atoms with Crippen molar-refractivity contribution in [3.05, 3.63) is 82.6 Å². The van der Waals surface area contributed by atoms with Gasteiger partial charge in [-0.1, -0.05) is 26.8 Å². The van der Waals surface area contributed by atoms with Gasteiger partial charge < -0.3 is 15.5 Å². The van der Waals surface area contributed by atoms with Crippen LogP contribution in [0.15, 0.2) is 71.4 Å². The molecule has 31 heavy (non-hydrogen) atoms. The third kappa shape index (κ3) is 4.48. The predicted molar refractivity (Wildman–Crippen MR) is 126 cm³/mol. The third-order valence-electron chi connectivity index (χ3n) is 5.28. The van der Waals surface area contributed by atoms with E-state index in [0.29, 0.717) is 11.2 Å². The maximum Gasteiger partial charge on any atom is 0.332 e. The van der Waals surface area contributed by atoms with Crippen LogP contribution in [-0.4, -0.2) is 14.5 Å². The largest absolute Gasteiger partial charge is 0.461 e. The molecule has 0 aliphatic heterocycles. The number of imidazole rings is 1. The Morgan fingerprint density at radius 2 is 2.03 bits per heavy atom. The number of benzene rings is 1. The lowest BCUT2D eigenvalue weighted by Crippen LogP contribution is -2.15. The molecule has 160 valence electrons. The van der Waals surface area contributed by atoms with Crippen LogP contribution < -0.4 is 16.2 Å². The number of rotatable bonds is 3. The average molecular weight is 417 g/mol. The fraction of sp³-hybridized carbons (Fsp3) is 0.280. The molecule has 2 aromatic heterocycles. The number of nitrogens with two attached hydrogens (primary N) is 1. The first-order chi connectivity index (χ1) is 14.8. The van der Waals surface area contributed by atoms with Crippen molar-refractivity contribution in [2.45, 2.75) is 45.4 Å². The fourth-order valence-electron chi connectivity index (χ4n) is 3.69. The summed E-state index contributed by atoms with van der Waals surface area (Å²) in [6.45, 7) is 6.43. The number of aromatic nitrogens is 3. The number of pyridine rings is 1. The van der Waals surface area contributed by atoms with Crippen molar-refractivity contribution in [3.63, 3.8) is 0 Å². The number of ether oxygens (including phenoxy) is 1. The highest BCUT2D eigenvalue weighted by Crippen LogP contribution is 2.34. The highest BCUT2D eigenvalue weighted by molar-refractivity contribution is 5.77. The molecule has 0 atom stereocenters. The van der Waals surface area contributed by atoms with E-state index >= 15 is 0 Å². The highest BCUT2D eigenvalue weighted by atomic mass is 16.5. The molecule has 1 aliphatic rings. The molecule has 6 nitrogen and oxygen atoms in total. The average Bonchev–Trinajstić information content (AvgIpc) is 3.10. The van der Waals surface area contributed by atoms with Crippen molar-refractivity contribution < 1.29 is 4.74 Å². The van der Waals surface area contributed by atoms with Gasteiger partial charge in [0.05, 0.1) is 11.2 Å². The third-order valence-corrected chi connectivity index (χ3v) is 5.28. The van der Waals surface area contributed by atoms with Crippen LogP contribution in [0.4, 0.5) is 5.69 Å². The monoisotopic (exact) mass is 416 g/mol. The molecule has 1 aliphatic carbocycles. The minimum Gasteiger partial charge on any atom is -0.461 e. The second-order valence-corrected chi connectivity index (χ2v) is 8.77. The molecule has 4 rings (SSSR count). The number of aromatic amines is 1. The van der Waals surface area contributed by atoms with Crippen LogP contribution in [0.2, 0.25) is 0 Å². The molecule has 0 radical (unpaired) electrons. The van der Waals surface area contributed by atoms with Crippen LogP contribution in [0, 0.1) is 0 Å². The molecule has 0 saturated heterocycles. The number of anilines is 1. The summed E-state index contributed by atoms with van der Waals surface area (Å²) < 4.78 is 7.96. The molecule has 0 bridgehead atoms. The number of nitrogens with one attached hydrogen (secondary N) is 1. The Hall–Kier alpha value is -3.54. The Morgan fingerprint density at radius 1 is 1.19 bits per heavy atom. The topological polar surface area (TPSA) is 85.9 Å². The predicted octanol–water partition coefficient (Wildman–Crippen LogP) is 5.15. The highest BCUT2D eigenvalue weighted by Gasteiger charge is 2.20. The van der Waals surface area contributed by atoms with Crippen molar-refractivity contribution in [3.8, 4) is 5.75 Å². The SMILES string of the molecule is CC(C)(C)c1cc(N)ccc1O/C1=C/C=C(n2c(=O)[nH]c3cccnc32)\C=C/CCC1. The van der Waals surface area contributed by atoms with E-state index in [0.717, 1.165) is 47.7 Å². The van der Waals surface area contributed by atoms with Gasteiger partial charge in [-0.15, -0.1) is 0 Å². The number of hydrogen-bond acceptors (Lipinski definition) is 4. The number of hydrogen-bond donors (Lipinski definition) is 2. The Bertz CT molecular complexity index is 1250. The van der Waals surface area contributed by atoms with E-state index in [4.69, 9.17) is 10.5 Å². The first-order valence-corrected chi connectivity index (χ1v) is 10.5. The fourth-order valence-corrected chi connectivity index (χ4v) is 3.69. The van der Waals surface area contributed by atoms with Gasteiger partial charge in [-0.05, 0) is 66.8 Å². The zero-order valence-electron chi connectivity index (χ0n) is 18.2. The minimum atomic E-state index is -0.215. The van der Waals surface area contributed by atoms with Gasteiger partial charge in [0.1, 0.15) is 11.5 Å². The van der Waals surface area contributed by atoms with Gasteiger partial charge >= 0.3 is 5.69 Å². The lowest BCUT2D eigenvalue weighted by Gasteiger charge is -2.24. The smallest absolute Gasteiger partial charge is 0.332 e. The summed E-state index contributed by atoms with van der Waals surface area (Å²) in [6, 6.07) is 9.42. The molecule has 1 aromatic carbocycles. The van der Waals surface area contributed by atoms with E-state index in [9.17, 15) is 4.79 Å². The van der Waals surface area contributed by atoms with E-state index in [1.54, 1.807) is 16.8 Å². The van der Waals surface area contributed by atoms with Gasteiger partial charge in [-0.2, -0.15) is 0 Å². The summed E-state index contributed by atoms with van der Waals surface area (Å²) in [4.78, 5) is 19.9. The van der Waals surface area contributed by atoms with Crippen molar-refractivity contribution in [2.24, 2.45) is 0 Å². The first-order valence-electron chi connectivity index (χ1n) is 10.5. The molecule has 3 aromatic rings. The van der Waals surface area contributed by atoms with Gasteiger partial charge in [-0.3, -0.25) is 0 Å². The van der Waals surface area contributed by atoms with Gasteiger partial charge in [0, 0.05) is 23.9 Å². The van der Waals surface area contributed by atoms with Crippen LogP contribution in [0.5, 0.6) is 5.75 Å². The molecular formula is C25H28N4O2. The van der Waals surface area contributed by atoms with Gasteiger partial charge in [0.15, 0.2) is 5.65 Å². The zero-order chi connectivity index (χ0) is 22.0.